The normalized spacial score (nSPS) is 18.8. The minimum absolute atomic E-state index is 0.188. The molecule has 0 saturated heterocycles. The lowest BCUT2D eigenvalue weighted by Gasteiger charge is -2.27. The maximum atomic E-state index is 11.8. The van der Waals surface area contributed by atoms with Crippen molar-refractivity contribution in [2.24, 2.45) is 5.41 Å². The highest BCUT2D eigenvalue weighted by Crippen LogP contribution is 2.32. The first kappa shape index (κ1) is 12.2. The quantitative estimate of drug-likeness (QED) is 0.858. The van der Waals surface area contributed by atoms with Gasteiger partial charge in [0.25, 0.3) is 0 Å². The van der Waals surface area contributed by atoms with Crippen molar-refractivity contribution in [2.45, 2.75) is 26.7 Å². The van der Waals surface area contributed by atoms with E-state index in [1.807, 2.05) is 38.1 Å². The number of rotatable bonds is 2. The van der Waals surface area contributed by atoms with Gasteiger partial charge in [0.1, 0.15) is 0 Å². The Labute approximate surface area is 107 Å². The molecule has 0 aromatic heterocycles. The van der Waals surface area contributed by atoms with E-state index in [4.69, 9.17) is 11.6 Å². The molecule has 0 fully saturated rings. The predicted molar refractivity (Wildman–Crippen MR) is 71.2 cm³/mol. The summed E-state index contributed by atoms with van der Waals surface area (Å²) in [6, 6.07) is 7.51. The van der Waals surface area contributed by atoms with E-state index in [2.05, 4.69) is 5.32 Å². The summed E-state index contributed by atoms with van der Waals surface area (Å²) in [7, 11) is 0. The molecule has 17 heavy (non-hydrogen) atoms. The lowest BCUT2D eigenvalue weighted by atomic mass is 9.79. The van der Waals surface area contributed by atoms with Gasteiger partial charge in [-0.05, 0) is 31.0 Å². The van der Waals surface area contributed by atoms with E-state index in [-0.39, 0.29) is 11.2 Å². The van der Waals surface area contributed by atoms with Gasteiger partial charge in [0.05, 0.1) is 0 Å². The monoisotopic (exact) mass is 249 g/mol. The molecule has 0 amide bonds. The summed E-state index contributed by atoms with van der Waals surface area (Å²) >= 11 is 5.91. The fourth-order valence-electron chi connectivity index (χ4n) is 1.85. The van der Waals surface area contributed by atoms with Crippen molar-refractivity contribution in [3.8, 4) is 0 Å². The van der Waals surface area contributed by atoms with Gasteiger partial charge in [-0.2, -0.15) is 0 Å². The van der Waals surface area contributed by atoms with Gasteiger partial charge in [-0.25, -0.2) is 0 Å². The fraction of sp³-hybridized carbons (Fsp3) is 0.357. The van der Waals surface area contributed by atoms with E-state index in [1.54, 1.807) is 6.08 Å². The Hall–Kier alpha value is -1.28. The SMILES string of the molecule is CC1(C)CCC(Nc2cccc(Cl)c2)=CC1=O. The van der Waals surface area contributed by atoms with Gasteiger partial charge in [0.15, 0.2) is 5.78 Å². The van der Waals surface area contributed by atoms with Gasteiger partial charge in [-0.1, -0.05) is 31.5 Å². The molecular formula is C14H16ClNO. The van der Waals surface area contributed by atoms with Crippen LogP contribution in [0, 0.1) is 5.41 Å². The third kappa shape index (κ3) is 2.89. The van der Waals surface area contributed by atoms with Gasteiger partial charge in [0.2, 0.25) is 0 Å². The molecule has 2 rings (SSSR count). The Kier molecular flexibility index (Phi) is 3.25. The third-order valence-electron chi connectivity index (χ3n) is 3.12. The smallest absolute Gasteiger partial charge is 0.163 e. The molecule has 90 valence electrons. The minimum Gasteiger partial charge on any atom is -0.359 e. The molecule has 0 atom stereocenters. The van der Waals surface area contributed by atoms with E-state index >= 15 is 0 Å². The van der Waals surface area contributed by atoms with Crippen molar-refractivity contribution >= 4 is 23.1 Å². The highest BCUT2D eigenvalue weighted by Gasteiger charge is 2.29. The van der Waals surface area contributed by atoms with Crippen LogP contribution in [0.1, 0.15) is 26.7 Å². The molecular weight excluding hydrogens is 234 g/mol. The van der Waals surface area contributed by atoms with Crippen molar-refractivity contribution in [3.63, 3.8) is 0 Å². The van der Waals surface area contributed by atoms with Crippen LogP contribution in [0.25, 0.3) is 0 Å². The summed E-state index contributed by atoms with van der Waals surface area (Å²) in [5.74, 6) is 0.188. The molecule has 1 aromatic rings. The van der Waals surface area contributed by atoms with Crippen LogP contribution in [0.5, 0.6) is 0 Å². The van der Waals surface area contributed by atoms with Crippen molar-refractivity contribution in [2.75, 3.05) is 5.32 Å². The van der Waals surface area contributed by atoms with Crippen molar-refractivity contribution in [1.82, 2.24) is 0 Å². The topological polar surface area (TPSA) is 29.1 Å². The number of hydrogen-bond donors (Lipinski definition) is 1. The molecule has 1 aromatic carbocycles. The molecule has 0 spiro atoms. The summed E-state index contributed by atoms with van der Waals surface area (Å²) in [5.41, 5.74) is 1.67. The van der Waals surface area contributed by atoms with Crippen LogP contribution in [-0.4, -0.2) is 5.78 Å². The van der Waals surface area contributed by atoms with Gasteiger partial charge >= 0.3 is 0 Å². The maximum Gasteiger partial charge on any atom is 0.163 e. The Balaban J connectivity index is 2.13. The minimum atomic E-state index is -0.223. The van der Waals surface area contributed by atoms with Crippen LogP contribution in [0.4, 0.5) is 5.69 Å². The van der Waals surface area contributed by atoms with Crippen LogP contribution in [0.15, 0.2) is 36.0 Å². The Bertz CT molecular complexity index is 477. The lowest BCUT2D eigenvalue weighted by Crippen LogP contribution is -2.27. The van der Waals surface area contributed by atoms with Crippen molar-refractivity contribution in [1.29, 1.82) is 0 Å². The molecule has 1 aliphatic carbocycles. The number of carbonyl (C=O) groups is 1. The van der Waals surface area contributed by atoms with Crippen LogP contribution in [0.2, 0.25) is 5.02 Å². The van der Waals surface area contributed by atoms with Crippen LogP contribution in [-0.2, 0) is 4.79 Å². The zero-order valence-corrected chi connectivity index (χ0v) is 10.8. The molecule has 2 nitrogen and oxygen atoms in total. The zero-order valence-electron chi connectivity index (χ0n) is 10.1. The average molecular weight is 250 g/mol. The van der Waals surface area contributed by atoms with Gasteiger partial charge in [-0.15, -0.1) is 0 Å². The number of hydrogen-bond acceptors (Lipinski definition) is 2. The third-order valence-corrected chi connectivity index (χ3v) is 3.36. The lowest BCUT2D eigenvalue weighted by molar-refractivity contribution is -0.123. The number of carbonyl (C=O) groups excluding carboxylic acids is 1. The standard InChI is InChI=1S/C14H16ClNO/c1-14(2)7-6-12(9-13(14)17)16-11-5-3-4-10(15)8-11/h3-5,8-9,16H,6-7H2,1-2H3. The number of anilines is 1. The summed E-state index contributed by atoms with van der Waals surface area (Å²) in [6.07, 6.45) is 3.49. The molecule has 1 aliphatic rings. The summed E-state index contributed by atoms with van der Waals surface area (Å²) in [6.45, 7) is 3.98. The van der Waals surface area contributed by atoms with Gasteiger partial charge in [-0.3, -0.25) is 4.79 Å². The Morgan fingerprint density at radius 3 is 2.76 bits per heavy atom. The van der Waals surface area contributed by atoms with E-state index in [1.165, 1.54) is 0 Å². The number of ketones is 1. The molecule has 0 aliphatic heterocycles. The highest BCUT2D eigenvalue weighted by molar-refractivity contribution is 6.30. The molecule has 0 unspecified atom stereocenters. The van der Waals surface area contributed by atoms with Crippen molar-refractivity contribution < 1.29 is 4.79 Å². The average Bonchev–Trinajstić information content (AvgIpc) is 2.24. The second-order valence-corrected chi connectivity index (χ2v) is 5.49. The van der Waals surface area contributed by atoms with E-state index in [0.29, 0.717) is 5.02 Å². The summed E-state index contributed by atoms with van der Waals surface area (Å²) < 4.78 is 0. The van der Waals surface area contributed by atoms with Crippen LogP contribution >= 0.6 is 11.6 Å². The summed E-state index contributed by atoms with van der Waals surface area (Å²) in [4.78, 5) is 11.8. The highest BCUT2D eigenvalue weighted by atomic mass is 35.5. The van der Waals surface area contributed by atoms with Crippen LogP contribution < -0.4 is 5.32 Å². The van der Waals surface area contributed by atoms with E-state index in [9.17, 15) is 4.79 Å². The molecule has 0 radical (unpaired) electrons. The van der Waals surface area contributed by atoms with E-state index in [0.717, 1.165) is 24.2 Å². The Morgan fingerprint density at radius 2 is 2.12 bits per heavy atom. The second-order valence-electron chi connectivity index (χ2n) is 5.05. The number of allylic oxidation sites excluding steroid dienone is 2. The molecule has 0 bridgehead atoms. The predicted octanol–water partition coefficient (Wildman–Crippen LogP) is 4.02. The molecule has 0 saturated carbocycles. The molecule has 0 heterocycles. The Morgan fingerprint density at radius 1 is 1.35 bits per heavy atom. The van der Waals surface area contributed by atoms with Gasteiger partial charge in [0, 0.05) is 27.9 Å². The number of halogens is 1. The number of nitrogens with one attached hydrogen (secondary N) is 1. The first-order valence-corrected chi connectivity index (χ1v) is 6.13. The second kappa shape index (κ2) is 4.53. The van der Waals surface area contributed by atoms with E-state index < -0.39 is 0 Å². The zero-order chi connectivity index (χ0) is 12.5. The fourth-order valence-corrected chi connectivity index (χ4v) is 2.04. The maximum absolute atomic E-state index is 11.8. The van der Waals surface area contributed by atoms with Gasteiger partial charge < -0.3 is 5.32 Å². The molecule has 1 N–H and O–H groups in total. The van der Waals surface area contributed by atoms with Crippen LogP contribution in [0.3, 0.4) is 0 Å². The first-order valence-electron chi connectivity index (χ1n) is 5.75. The first-order chi connectivity index (χ1) is 7.97. The van der Waals surface area contributed by atoms with Crippen molar-refractivity contribution in [3.05, 3.63) is 41.1 Å². The molecule has 3 heteroatoms. The number of benzene rings is 1. The largest absolute Gasteiger partial charge is 0.359 e. The summed E-state index contributed by atoms with van der Waals surface area (Å²) in [5, 5.41) is 3.94.